The number of fused-ring (bicyclic) bond motifs is 4. The Morgan fingerprint density at radius 3 is 2.77 bits per heavy atom. The van der Waals surface area contributed by atoms with Crippen LogP contribution in [0.2, 0.25) is 5.02 Å². The predicted octanol–water partition coefficient (Wildman–Crippen LogP) is 5.09. The van der Waals surface area contributed by atoms with Crippen LogP contribution in [-0.4, -0.2) is 64.2 Å². The zero-order valence-corrected chi connectivity index (χ0v) is 26.6. The Balaban J connectivity index is 1.40. The van der Waals surface area contributed by atoms with Gasteiger partial charge >= 0.3 is 0 Å². The molecule has 0 radical (unpaired) electrons. The summed E-state index contributed by atoms with van der Waals surface area (Å²) < 4.78 is 40.9. The lowest BCUT2D eigenvalue weighted by atomic mass is 9.68. The first-order valence-corrected chi connectivity index (χ1v) is 17.5. The number of hydrogen-bond acceptors (Lipinski definition) is 7. The number of aryl methyl sites for hydroxylation is 1. The predicted molar refractivity (Wildman–Crippen MR) is 168 cm³/mol. The van der Waals surface area contributed by atoms with Gasteiger partial charge in [-0.2, -0.15) is 0 Å². The zero-order valence-electron chi connectivity index (χ0n) is 25.1. The number of nitrogens with one attached hydrogen (secondary N) is 1. The minimum absolute atomic E-state index is 0.0131. The van der Waals surface area contributed by atoms with Gasteiger partial charge in [-0.15, -0.1) is 0 Å². The molecule has 0 aromatic heterocycles. The van der Waals surface area contributed by atoms with Gasteiger partial charge in [-0.05, 0) is 111 Å². The molecule has 4 aliphatic rings. The standard InChI is InChI=1S/C33H43ClN2O6S/c1-21-5-11-30(37)27-9-6-24(27)17-36-19-33(13-3-4-22-15-25(34)8-10-28(22)33)20-42-31-12-7-23(16-29(31)36)32(38)35-43(39,40)26(14-21)18-41-2/h7-8,10,12,15-16,21,24,26-27,30,37H,3-6,9,11,13-14,17-20H2,1-2H3,(H,35,38)/t21-,24+,26+,27-,30+,33+/m1/s1. The first-order chi connectivity index (χ1) is 20.6. The number of carbonyl (C=O) groups is 1. The highest BCUT2D eigenvalue weighted by molar-refractivity contribution is 7.90. The number of methoxy groups -OCH3 is 1. The third kappa shape index (κ3) is 6.15. The number of halogens is 1. The molecular weight excluding hydrogens is 588 g/mol. The highest BCUT2D eigenvalue weighted by Crippen LogP contribution is 2.47. The number of nitrogens with zero attached hydrogens (tertiary/aromatic N) is 1. The number of ether oxygens (including phenoxy) is 2. The Hall–Kier alpha value is -2.33. The quantitative estimate of drug-likeness (QED) is 0.476. The van der Waals surface area contributed by atoms with Crippen LogP contribution in [0.4, 0.5) is 5.69 Å². The minimum Gasteiger partial charge on any atom is -0.490 e. The van der Waals surface area contributed by atoms with Crippen LogP contribution in [0.1, 0.15) is 73.4 Å². The molecule has 1 spiro atoms. The van der Waals surface area contributed by atoms with Crippen LogP contribution < -0.4 is 14.4 Å². The van der Waals surface area contributed by atoms with Crippen molar-refractivity contribution in [2.75, 3.05) is 38.3 Å². The van der Waals surface area contributed by atoms with E-state index in [0.29, 0.717) is 44.1 Å². The smallest absolute Gasteiger partial charge is 0.264 e. The van der Waals surface area contributed by atoms with Gasteiger partial charge in [0.2, 0.25) is 10.0 Å². The number of carbonyl (C=O) groups excluding carboxylic acids is 1. The Kier molecular flexibility index (Phi) is 8.72. The number of anilines is 1. The molecule has 1 amide bonds. The van der Waals surface area contributed by atoms with E-state index in [2.05, 4.69) is 21.8 Å². The second-order valence-corrected chi connectivity index (χ2v) is 15.7. The maximum Gasteiger partial charge on any atom is 0.264 e. The molecule has 2 aromatic carbocycles. The van der Waals surface area contributed by atoms with Crippen molar-refractivity contribution < 1.29 is 27.8 Å². The fourth-order valence-corrected chi connectivity index (χ4v) is 9.48. The van der Waals surface area contributed by atoms with Crippen LogP contribution in [0, 0.1) is 17.8 Å². The lowest BCUT2D eigenvalue weighted by Gasteiger charge is -2.46. The van der Waals surface area contributed by atoms with Gasteiger partial charge in [0, 0.05) is 36.2 Å². The molecule has 0 unspecified atom stereocenters. The maximum absolute atomic E-state index is 13.5. The number of benzene rings is 2. The lowest BCUT2D eigenvalue weighted by Crippen LogP contribution is -2.49. The molecule has 8 nitrogen and oxygen atoms in total. The van der Waals surface area contributed by atoms with Crippen molar-refractivity contribution in [1.29, 1.82) is 0 Å². The summed E-state index contributed by atoms with van der Waals surface area (Å²) in [5.74, 6) is 0.569. The van der Waals surface area contributed by atoms with Crippen LogP contribution in [0.15, 0.2) is 36.4 Å². The summed E-state index contributed by atoms with van der Waals surface area (Å²) >= 11 is 6.39. The van der Waals surface area contributed by atoms with E-state index in [1.54, 1.807) is 18.2 Å². The molecule has 2 aromatic rings. The average Bonchev–Trinajstić information content (AvgIpc) is 3.10. The highest BCUT2D eigenvalue weighted by Gasteiger charge is 2.44. The highest BCUT2D eigenvalue weighted by atomic mass is 35.5. The first-order valence-electron chi connectivity index (χ1n) is 15.6. The molecule has 2 aliphatic heterocycles. The number of aliphatic hydroxyl groups is 1. The molecule has 6 atom stereocenters. The number of amides is 1. The van der Waals surface area contributed by atoms with Crippen molar-refractivity contribution in [3.8, 4) is 5.75 Å². The number of aliphatic hydroxyl groups excluding tert-OH is 1. The summed E-state index contributed by atoms with van der Waals surface area (Å²) in [5, 5.41) is 11.2. The summed E-state index contributed by atoms with van der Waals surface area (Å²) in [6, 6.07) is 11.4. The van der Waals surface area contributed by atoms with E-state index in [4.69, 9.17) is 21.1 Å². The second-order valence-electron chi connectivity index (χ2n) is 13.3. The maximum atomic E-state index is 13.5. The third-order valence-electron chi connectivity index (χ3n) is 10.4. The van der Waals surface area contributed by atoms with E-state index in [1.165, 1.54) is 18.2 Å². The van der Waals surface area contributed by atoms with Gasteiger partial charge in [0.05, 0.1) is 25.0 Å². The molecule has 2 aliphatic carbocycles. The fraction of sp³-hybridized carbons (Fsp3) is 0.606. The largest absolute Gasteiger partial charge is 0.490 e. The van der Waals surface area contributed by atoms with Gasteiger partial charge in [0.25, 0.3) is 5.91 Å². The van der Waals surface area contributed by atoms with Gasteiger partial charge in [-0.3, -0.25) is 4.79 Å². The van der Waals surface area contributed by atoms with E-state index in [1.807, 2.05) is 13.0 Å². The van der Waals surface area contributed by atoms with Crippen molar-refractivity contribution in [3.05, 3.63) is 58.1 Å². The Morgan fingerprint density at radius 1 is 1.16 bits per heavy atom. The minimum atomic E-state index is -4.01. The molecule has 43 heavy (non-hydrogen) atoms. The SMILES string of the molecule is COC[C@@H]1C[C@H](C)CC[C@H](O)[C@@H]2CC[C@H]2CN2C[C@@]3(CCCc4cc(Cl)ccc43)COc3ccc(cc32)C(=O)NS1(=O)=O. The van der Waals surface area contributed by atoms with Crippen LogP contribution in [0.5, 0.6) is 5.75 Å². The Labute approximate surface area is 260 Å². The Bertz CT molecular complexity index is 1470. The normalized spacial score (nSPS) is 32.4. The lowest BCUT2D eigenvalue weighted by molar-refractivity contribution is 0.00690. The van der Waals surface area contributed by atoms with E-state index < -0.39 is 27.3 Å². The van der Waals surface area contributed by atoms with Crippen molar-refractivity contribution in [2.45, 2.75) is 75.1 Å². The zero-order chi connectivity index (χ0) is 30.4. The molecular formula is C33H43ClN2O6S. The molecule has 2 N–H and O–H groups in total. The number of rotatable bonds is 2. The summed E-state index contributed by atoms with van der Waals surface area (Å²) in [5.41, 5.74) is 3.31. The summed E-state index contributed by atoms with van der Waals surface area (Å²) in [6.45, 7) is 3.92. The second kappa shape index (κ2) is 12.2. The fourth-order valence-electron chi connectivity index (χ4n) is 7.84. The van der Waals surface area contributed by atoms with Crippen molar-refractivity contribution in [1.82, 2.24) is 4.72 Å². The van der Waals surface area contributed by atoms with Gasteiger partial charge in [-0.25, -0.2) is 13.1 Å². The molecule has 0 saturated heterocycles. The van der Waals surface area contributed by atoms with Crippen molar-refractivity contribution >= 4 is 33.2 Å². The van der Waals surface area contributed by atoms with E-state index in [0.717, 1.165) is 49.4 Å². The van der Waals surface area contributed by atoms with Crippen LogP contribution >= 0.6 is 11.6 Å². The van der Waals surface area contributed by atoms with E-state index in [-0.39, 0.29) is 29.4 Å². The molecule has 2 bridgehead atoms. The molecule has 1 saturated carbocycles. The van der Waals surface area contributed by atoms with Gasteiger partial charge in [0.15, 0.2) is 0 Å². The average molecular weight is 631 g/mol. The number of hydrogen-bond donors (Lipinski definition) is 2. The molecule has 6 rings (SSSR count). The number of sulfonamides is 1. The summed E-state index contributed by atoms with van der Waals surface area (Å²) in [4.78, 5) is 15.8. The summed E-state index contributed by atoms with van der Waals surface area (Å²) in [7, 11) is -2.54. The van der Waals surface area contributed by atoms with Gasteiger partial charge < -0.3 is 19.5 Å². The topological polar surface area (TPSA) is 105 Å². The van der Waals surface area contributed by atoms with Gasteiger partial charge in [-0.1, -0.05) is 24.6 Å². The molecule has 10 heteroatoms. The first kappa shape index (κ1) is 30.7. The van der Waals surface area contributed by atoms with Crippen molar-refractivity contribution in [3.63, 3.8) is 0 Å². The Morgan fingerprint density at radius 2 is 2.00 bits per heavy atom. The van der Waals surface area contributed by atoms with Crippen molar-refractivity contribution in [2.24, 2.45) is 17.8 Å². The van der Waals surface area contributed by atoms with E-state index in [9.17, 15) is 18.3 Å². The third-order valence-corrected chi connectivity index (χ3v) is 12.3. The van der Waals surface area contributed by atoms with Crippen LogP contribution in [-0.2, 0) is 26.6 Å². The van der Waals surface area contributed by atoms with E-state index >= 15 is 0 Å². The molecule has 2 heterocycles. The van der Waals surface area contributed by atoms with Crippen LogP contribution in [0.3, 0.4) is 0 Å². The summed E-state index contributed by atoms with van der Waals surface area (Å²) in [6.07, 6.45) is 6.22. The van der Waals surface area contributed by atoms with Gasteiger partial charge in [0.1, 0.15) is 11.0 Å². The molecule has 1 fully saturated rings. The molecule has 234 valence electrons. The monoisotopic (exact) mass is 630 g/mol. The van der Waals surface area contributed by atoms with Crippen LogP contribution in [0.25, 0.3) is 0 Å².